The zero-order chi connectivity index (χ0) is 19.0. The zero-order valence-electron chi connectivity index (χ0n) is 16.0. The molecule has 2 heterocycles. The minimum atomic E-state index is 0.134. The van der Waals surface area contributed by atoms with Gasteiger partial charge in [-0.1, -0.05) is 12.1 Å². The summed E-state index contributed by atoms with van der Waals surface area (Å²) in [4.78, 5) is 14.9. The van der Waals surface area contributed by atoms with Crippen LogP contribution in [0.25, 0.3) is 10.9 Å². The Morgan fingerprint density at radius 3 is 2.56 bits per heavy atom. The Kier molecular flexibility index (Phi) is 4.52. The molecular formula is C22H24N2O3. The van der Waals surface area contributed by atoms with Gasteiger partial charge in [0.25, 0.3) is 0 Å². The van der Waals surface area contributed by atoms with Crippen LogP contribution in [0, 0.1) is 6.92 Å². The standard InChI is InChI=1S/C22H24N2O3/c1-15-5-4-6-19-18(15)8-10-23(19)14-22(25)24-9-7-16-11-20(26-2)21(27-3)12-17(16)13-24/h4-6,8,10-12H,7,9,13-14H2,1-3H3. The van der Waals surface area contributed by atoms with Crippen LogP contribution in [-0.2, 0) is 24.3 Å². The number of carbonyl (C=O) groups excluding carboxylic acids is 1. The lowest BCUT2D eigenvalue weighted by Gasteiger charge is -2.30. The predicted molar refractivity (Wildman–Crippen MR) is 105 cm³/mol. The number of nitrogens with zero attached hydrogens (tertiary/aromatic N) is 2. The number of aryl methyl sites for hydroxylation is 1. The minimum Gasteiger partial charge on any atom is -0.493 e. The van der Waals surface area contributed by atoms with Crippen molar-refractivity contribution < 1.29 is 14.3 Å². The molecule has 0 saturated carbocycles. The summed E-state index contributed by atoms with van der Waals surface area (Å²) in [6, 6.07) is 12.3. The van der Waals surface area contributed by atoms with Crippen molar-refractivity contribution in [3.63, 3.8) is 0 Å². The van der Waals surface area contributed by atoms with E-state index < -0.39 is 0 Å². The molecule has 5 heteroatoms. The highest BCUT2D eigenvalue weighted by atomic mass is 16.5. The summed E-state index contributed by atoms with van der Waals surface area (Å²) in [6.07, 6.45) is 2.83. The Bertz CT molecular complexity index is 1010. The first kappa shape index (κ1) is 17.5. The smallest absolute Gasteiger partial charge is 0.242 e. The van der Waals surface area contributed by atoms with Crippen LogP contribution in [0.3, 0.4) is 0 Å². The van der Waals surface area contributed by atoms with Gasteiger partial charge in [-0.25, -0.2) is 0 Å². The molecule has 0 fully saturated rings. The molecule has 27 heavy (non-hydrogen) atoms. The fraction of sp³-hybridized carbons (Fsp3) is 0.318. The van der Waals surface area contributed by atoms with Gasteiger partial charge in [-0.3, -0.25) is 4.79 Å². The van der Waals surface area contributed by atoms with Gasteiger partial charge in [-0.15, -0.1) is 0 Å². The quantitative estimate of drug-likeness (QED) is 0.711. The van der Waals surface area contributed by atoms with Crippen molar-refractivity contribution in [3.05, 3.63) is 59.3 Å². The molecular weight excluding hydrogens is 340 g/mol. The number of ether oxygens (including phenoxy) is 2. The van der Waals surface area contributed by atoms with Crippen molar-refractivity contribution in [2.24, 2.45) is 0 Å². The van der Waals surface area contributed by atoms with E-state index in [2.05, 4.69) is 25.1 Å². The molecule has 1 aliphatic heterocycles. The summed E-state index contributed by atoms with van der Waals surface area (Å²) < 4.78 is 12.8. The van der Waals surface area contributed by atoms with Crippen molar-refractivity contribution in [2.75, 3.05) is 20.8 Å². The lowest BCUT2D eigenvalue weighted by Crippen LogP contribution is -2.37. The third kappa shape index (κ3) is 3.14. The summed E-state index contributed by atoms with van der Waals surface area (Å²) in [6.45, 7) is 3.78. The maximum Gasteiger partial charge on any atom is 0.242 e. The Labute approximate surface area is 159 Å². The largest absolute Gasteiger partial charge is 0.493 e. The van der Waals surface area contributed by atoms with Gasteiger partial charge in [0.05, 0.1) is 14.2 Å². The molecule has 2 aromatic carbocycles. The van der Waals surface area contributed by atoms with Gasteiger partial charge < -0.3 is 18.9 Å². The number of carbonyl (C=O) groups is 1. The first-order chi connectivity index (χ1) is 13.1. The third-order valence-electron chi connectivity index (χ3n) is 5.41. The summed E-state index contributed by atoms with van der Waals surface area (Å²) >= 11 is 0. The molecule has 0 bridgehead atoms. The molecule has 4 rings (SSSR count). The highest BCUT2D eigenvalue weighted by Gasteiger charge is 2.23. The number of hydrogen-bond acceptors (Lipinski definition) is 3. The number of rotatable bonds is 4. The number of amides is 1. The second kappa shape index (κ2) is 6.99. The molecule has 140 valence electrons. The molecule has 1 aliphatic rings. The SMILES string of the molecule is COc1cc2c(cc1OC)CN(C(=O)Cn1ccc3c(C)cccc31)CC2. The van der Waals surface area contributed by atoms with Crippen molar-refractivity contribution in [1.82, 2.24) is 9.47 Å². The Morgan fingerprint density at radius 2 is 1.81 bits per heavy atom. The predicted octanol–water partition coefficient (Wildman–Crippen LogP) is 3.55. The van der Waals surface area contributed by atoms with E-state index in [1.165, 1.54) is 16.5 Å². The molecule has 0 aliphatic carbocycles. The van der Waals surface area contributed by atoms with E-state index in [1.54, 1.807) is 14.2 Å². The van der Waals surface area contributed by atoms with Gasteiger partial charge >= 0.3 is 0 Å². The number of aromatic nitrogens is 1. The Hall–Kier alpha value is -2.95. The molecule has 0 radical (unpaired) electrons. The molecule has 0 saturated heterocycles. The van der Waals surface area contributed by atoms with Crippen LogP contribution >= 0.6 is 0 Å². The van der Waals surface area contributed by atoms with Crippen molar-refractivity contribution in [3.8, 4) is 11.5 Å². The summed E-state index contributed by atoms with van der Waals surface area (Å²) in [7, 11) is 3.28. The summed E-state index contributed by atoms with van der Waals surface area (Å²) in [5.74, 6) is 1.58. The van der Waals surface area contributed by atoms with E-state index in [9.17, 15) is 4.79 Å². The van der Waals surface area contributed by atoms with Crippen LogP contribution in [0.4, 0.5) is 0 Å². The van der Waals surface area contributed by atoms with Crippen LogP contribution < -0.4 is 9.47 Å². The van der Waals surface area contributed by atoms with Crippen molar-refractivity contribution in [2.45, 2.75) is 26.4 Å². The topological polar surface area (TPSA) is 43.7 Å². The molecule has 0 unspecified atom stereocenters. The Morgan fingerprint density at radius 1 is 1.07 bits per heavy atom. The second-order valence-corrected chi connectivity index (χ2v) is 6.99. The summed E-state index contributed by atoms with van der Waals surface area (Å²) in [5.41, 5.74) is 4.68. The Balaban J connectivity index is 1.54. The molecule has 3 aromatic rings. The molecule has 1 amide bonds. The first-order valence-electron chi connectivity index (χ1n) is 9.16. The van der Waals surface area contributed by atoms with Crippen LogP contribution in [0.5, 0.6) is 11.5 Å². The first-order valence-corrected chi connectivity index (χ1v) is 9.16. The van der Waals surface area contributed by atoms with E-state index >= 15 is 0 Å². The van der Waals surface area contributed by atoms with Crippen LogP contribution in [0.2, 0.25) is 0 Å². The van der Waals surface area contributed by atoms with E-state index in [4.69, 9.17) is 9.47 Å². The monoisotopic (exact) mass is 364 g/mol. The van der Waals surface area contributed by atoms with Gasteiger partial charge in [0.15, 0.2) is 11.5 Å². The van der Waals surface area contributed by atoms with Gasteiger partial charge in [-0.2, -0.15) is 0 Å². The normalized spacial score (nSPS) is 13.5. The van der Waals surface area contributed by atoms with Gasteiger partial charge in [0, 0.05) is 30.2 Å². The highest BCUT2D eigenvalue weighted by Crippen LogP contribution is 2.33. The maximum absolute atomic E-state index is 12.9. The van der Waals surface area contributed by atoms with Gasteiger partial charge in [0.2, 0.25) is 5.91 Å². The van der Waals surface area contributed by atoms with Crippen LogP contribution in [-0.4, -0.2) is 36.1 Å². The number of methoxy groups -OCH3 is 2. The van der Waals surface area contributed by atoms with E-state index in [0.717, 1.165) is 29.8 Å². The molecule has 0 atom stereocenters. The van der Waals surface area contributed by atoms with Crippen LogP contribution in [0.1, 0.15) is 16.7 Å². The molecule has 0 spiro atoms. The van der Waals surface area contributed by atoms with Crippen molar-refractivity contribution >= 4 is 16.8 Å². The number of hydrogen-bond donors (Lipinski definition) is 0. The van der Waals surface area contributed by atoms with Crippen molar-refractivity contribution in [1.29, 1.82) is 0 Å². The summed E-state index contributed by atoms with van der Waals surface area (Å²) in [5, 5.41) is 1.20. The molecule has 1 aromatic heterocycles. The fourth-order valence-corrected chi connectivity index (χ4v) is 3.86. The van der Waals surface area contributed by atoms with Crippen LogP contribution in [0.15, 0.2) is 42.6 Å². The van der Waals surface area contributed by atoms with Gasteiger partial charge in [0.1, 0.15) is 6.54 Å². The zero-order valence-corrected chi connectivity index (χ0v) is 16.0. The number of fused-ring (bicyclic) bond motifs is 2. The lowest BCUT2D eigenvalue weighted by atomic mass is 9.98. The highest BCUT2D eigenvalue weighted by molar-refractivity contribution is 5.85. The number of benzene rings is 2. The fourth-order valence-electron chi connectivity index (χ4n) is 3.86. The molecule has 0 N–H and O–H groups in total. The third-order valence-corrected chi connectivity index (χ3v) is 5.41. The van der Waals surface area contributed by atoms with Gasteiger partial charge in [-0.05, 0) is 54.3 Å². The average molecular weight is 364 g/mol. The average Bonchev–Trinajstić information content (AvgIpc) is 3.10. The van der Waals surface area contributed by atoms with E-state index in [0.29, 0.717) is 18.8 Å². The minimum absolute atomic E-state index is 0.134. The second-order valence-electron chi connectivity index (χ2n) is 6.99. The molecule has 5 nitrogen and oxygen atoms in total. The van der Waals surface area contributed by atoms with E-state index in [-0.39, 0.29) is 5.91 Å². The maximum atomic E-state index is 12.9. The lowest BCUT2D eigenvalue weighted by molar-refractivity contribution is -0.132. The van der Waals surface area contributed by atoms with E-state index in [1.807, 2.05) is 33.9 Å².